The van der Waals surface area contributed by atoms with Crippen LogP contribution in [0.3, 0.4) is 0 Å². The molecule has 31 heavy (non-hydrogen) atoms. The van der Waals surface area contributed by atoms with Gasteiger partial charge >= 0.3 is 12.2 Å². The maximum Gasteiger partial charge on any atom is 0.410 e. The van der Waals surface area contributed by atoms with Crippen LogP contribution in [-0.4, -0.2) is 65.2 Å². The minimum atomic E-state index is -0.709. The molecule has 0 unspecified atom stereocenters. The van der Waals surface area contributed by atoms with Gasteiger partial charge in [0, 0.05) is 25.7 Å². The van der Waals surface area contributed by atoms with E-state index in [1.165, 1.54) is 0 Å². The molecule has 0 saturated carbocycles. The summed E-state index contributed by atoms with van der Waals surface area (Å²) in [7, 11) is 0. The van der Waals surface area contributed by atoms with Gasteiger partial charge in [0.2, 0.25) is 5.91 Å². The molecule has 1 aromatic carbocycles. The Morgan fingerprint density at radius 2 is 1.77 bits per heavy atom. The molecule has 8 nitrogen and oxygen atoms in total. The summed E-state index contributed by atoms with van der Waals surface area (Å²) in [6.45, 7) is 12.4. The summed E-state index contributed by atoms with van der Waals surface area (Å²) < 4.78 is 10.7. The Morgan fingerprint density at radius 3 is 2.32 bits per heavy atom. The van der Waals surface area contributed by atoms with Gasteiger partial charge in [-0.25, -0.2) is 9.59 Å². The van der Waals surface area contributed by atoms with Crippen molar-refractivity contribution in [1.82, 2.24) is 15.1 Å². The Kier molecular flexibility index (Phi) is 8.30. The molecular weight excluding hydrogens is 398 g/mol. The topological polar surface area (TPSA) is 88.2 Å². The third-order valence-corrected chi connectivity index (χ3v) is 4.98. The quantitative estimate of drug-likeness (QED) is 0.769. The summed E-state index contributed by atoms with van der Waals surface area (Å²) in [5.74, 6) is -0.295. The van der Waals surface area contributed by atoms with Crippen LogP contribution in [0.4, 0.5) is 9.59 Å². The smallest absolute Gasteiger partial charge is 0.410 e. The summed E-state index contributed by atoms with van der Waals surface area (Å²) in [6.07, 6.45) is -1.01. The van der Waals surface area contributed by atoms with Gasteiger partial charge < -0.3 is 24.6 Å². The fourth-order valence-electron chi connectivity index (χ4n) is 3.36. The molecule has 0 radical (unpaired) electrons. The van der Waals surface area contributed by atoms with Crippen molar-refractivity contribution in [2.75, 3.05) is 19.6 Å². The first-order valence-corrected chi connectivity index (χ1v) is 10.7. The molecule has 1 heterocycles. The highest BCUT2D eigenvalue weighted by Gasteiger charge is 2.36. The zero-order valence-corrected chi connectivity index (χ0v) is 19.4. The second-order valence-electron chi connectivity index (χ2n) is 9.23. The number of carbonyl (C=O) groups is 3. The van der Waals surface area contributed by atoms with E-state index in [0.717, 1.165) is 5.56 Å². The second-order valence-corrected chi connectivity index (χ2v) is 9.23. The SMILES string of the molecule is CC(C)[C@H](NC(=O)OCc1ccccc1)C(=O)N1CCN(C(=O)OC(C)(C)C)C[C@@H]1C. The van der Waals surface area contributed by atoms with Crippen LogP contribution < -0.4 is 5.32 Å². The van der Waals surface area contributed by atoms with Crippen LogP contribution in [0, 0.1) is 5.92 Å². The zero-order valence-electron chi connectivity index (χ0n) is 19.4. The molecule has 0 spiro atoms. The van der Waals surface area contributed by atoms with E-state index in [9.17, 15) is 14.4 Å². The van der Waals surface area contributed by atoms with Gasteiger partial charge in [0.1, 0.15) is 18.2 Å². The van der Waals surface area contributed by atoms with Crippen LogP contribution in [0.2, 0.25) is 0 Å². The van der Waals surface area contributed by atoms with E-state index in [2.05, 4.69) is 5.32 Å². The van der Waals surface area contributed by atoms with Gasteiger partial charge in [0.05, 0.1) is 0 Å². The normalized spacial score (nSPS) is 17.8. The van der Waals surface area contributed by atoms with Crippen molar-refractivity contribution in [3.8, 4) is 0 Å². The lowest BCUT2D eigenvalue weighted by molar-refractivity contribution is -0.139. The first-order valence-electron chi connectivity index (χ1n) is 10.7. The highest BCUT2D eigenvalue weighted by Crippen LogP contribution is 2.17. The van der Waals surface area contributed by atoms with E-state index in [1.54, 1.807) is 9.80 Å². The Hall–Kier alpha value is -2.77. The molecule has 0 bridgehead atoms. The summed E-state index contributed by atoms with van der Waals surface area (Å²) in [4.78, 5) is 41.2. The van der Waals surface area contributed by atoms with Gasteiger partial charge in [-0.3, -0.25) is 4.79 Å². The number of alkyl carbamates (subject to hydrolysis) is 1. The number of hydrogen-bond acceptors (Lipinski definition) is 5. The Balaban J connectivity index is 1.93. The lowest BCUT2D eigenvalue weighted by atomic mass is 10.0. The van der Waals surface area contributed by atoms with Crippen molar-refractivity contribution in [3.63, 3.8) is 0 Å². The van der Waals surface area contributed by atoms with Crippen LogP contribution in [0.15, 0.2) is 30.3 Å². The van der Waals surface area contributed by atoms with Crippen molar-refractivity contribution < 1.29 is 23.9 Å². The lowest BCUT2D eigenvalue weighted by Gasteiger charge is -2.41. The molecule has 2 rings (SSSR count). The van der Waals surface area contributed by atoms with Crippen LogP contribution >= 0.6 is 0 Å². The zero-order chi connectivity index (χ0) is 23.2. The van der Waals surface area contributed by atoms with Crippen LogP contribution in [-0.2, 0) is 20.9 Å². The Bertz CT molecular complexity index is 760. The number of nitrogens with zero attached hydrogens (tertiary/aromatic N) is 2. The van der Waals surface area contributed by atoms with Crippen molar-refractivity contribution in [3.05, 3.63) is 35.9 Å². The number of hydrogen-bond donors (Lipinski definition) is 1. The van der Waals surface area contributed by atoms with E-state index < -0.39 is 17.7 Å². The molecule has 0 aromatic heterocycles. The van der Waals surface area contributed by atoms with Crippen LogP contribution in [0.25, 0.3) is 0 Å². The van der Waals surface area contributed by atoms with Gasteiger partial charge in [-0.2, -0.15) is 0 Å². The molecule has 0 aliphatic carbocycles. The molecule has 3 amide bonds. The summed E-state index contributed by atoms with van der Waals surface area (Å²) in [5, 5.41) is 2.71. The Labute approximate surface area is 184 Å². The van der Waals surface area contributed by atoms with E-state index in [-0.39, 0.29) is 30.6 Å². The maximum absolute atomic E-state index is 13.2. The minimum absolute atomic E-state index is 0.118. The summed E-state index contributed by atoms with van der Waals surface area (Å²) >= 11 is 0. The van der Waals surface area contributed by atoms with Gasteiger partial charge in [0.25, 0.3) is 0 Å². The minimum Gasteiger partial charge on any atom is -0.445 e. The van der Waals surface area contributed by atoms with Crippen LogP contribution in [0.1, 0.15) is 47.1 Å². The van der Waals surface area contributed by atoms with Gasteiger partial charge in [0.15, 0.2) is 0 Å². The molecule has 1 aliphatic rings. The van der Waals surface area contributed by atoms with Crippen molar-refractivity contribution in [2.24, 2.45) is 5.92 Å². The summed E-state index contributed by atoms with van der Waals surface area (Å²) in [5.41, 5.74) is 0.303. The molecule has 8 heteroatoms. The van der Waals surface area contributed by atoms with Gasteiger partial charge in [-0.15, -0.1) is 0 Å². The first kappa shape index (κ1) is 24.5. The number of benzene rings is 1. The largest absolute Gasteiger partial charge is 0.445 e. The monoisotopic (exact) mass is 433 g/mol. The molecule has 1 aromatic rings. The fourth-order valence-corrected chi connectivity index (χ4v) is 3.36. The number of amides is 3. The highest BCUT2D eigenvalue weighted by atomic mass is 16.6. The second kappa shape index (κ2) is 10.5. The number of carbonyl (C=O) groups excluding carboxylic acids is 3. The standard InChI is InChI=1S/C23H35N3O5/c1-16(2)19(24-21(28)30-15-18-10-8-7-9-11-18)20(27)26-13-12-25(14-17(26)3)22(29)31-23(4,5)6/h7-11,16-17,19H,12-15H2,1-6H3,(H,24,28)/t17-,19-/m0/s1. The predicted molar refractivity (Wildman–Crippen MR) is 117 cm³/mol. The van der Waals surface area contributed by atoms with E-state index in [1.807, 2.05) is 71.9 Å². The Morgan fingerprint density at radius 1 is 1.13 bits per heavy atom. The van der Waals surface area contributed by atoms with Crippen molar-refractivity contribution >= 4 is 18.1 Å². The summed E-state index contributed by atoms with van der Waals surface area (Å²) in [6, 6.07) is 8.45. The number of piperazine rings is 1. The molecule has 172 valence electrons. The predicted octanol–water partition coefficient (Wildman–Crippen LogP) is 3.41. The number of ether oxygens (including phenoxy) is 2. The van der Waals surface area contributed by atoms with E-state index in [4.69, 9.17) is 9.47 Å². The molecule has 2 atom stereocenters. The molecule has 1 N–H and O–H groups in total. The lowest BCUT2D eigenvalue weighted by Crippen LogP contribution is -2.60. The fraction of sp³-hybridized carbons (Fsp3) is 0.609. The van der Waals surface area contributed by atoms with Gasteiger partial charge in [-0.1, -0.05) is 44.2 Å². The molecule has 1 saturated heterocycles. The van der Waals surface area contributed by atoms with Gasteiger partial charge in [-0.05, 0) is 39.2 Å². The van der Waals surface area contributed by atoms with Crippen molar-refractivity contribution in [1.29, 1.82) is 0 Å². The third-order valence-electron chi connectivity index (χ3n) is 4.98. The number of nitrogens with one attached hydrogen (secondary N) is 1. The average Bonchev–Trinajstić information content (AvgIpc) is 2.69. The van der Waals surface area contributed by atoms with E-state index in [0.29, 0.717) is 19.6 Å². The van der Waals surface area contributed by atoms with Crippen LogP contribution in [0.5, 0.6) is 0 Å². The molecular formula is C23H35N3O5. The molecule has 1 aliphatic heterocycles. The molecule has 1 fully saturated rings. The maximum atomic E-state index is 13.2. The first-order chi connectivity index (χ1) is 14.5. The average molecular weight is 434 g/mol. The van der Waals surface area contributed by atoms with Crippen molar-refractivity contribution in [2.45, 2.75) is 65.8 Å². The third kappa shape index (κ3) is 7.45. The highest BCUT2D eigenvalue weighted by molar-refractivity contribution is 5.86. The van der Waals surface area contributed by atoms with E-state index >= 15 is 0 Å². The number of rotatable bonds is 5.